The zero-order valence-electron chi connectivity index (χ0n) is 25.8. The van der Waals surface area contributed by atoms with Crippen molar-refractivity contribution in [2.24, 2.45) is 11.8 Å². The van der Waals surface area contributed by atoms with Crippen molar-refractivity contribution in [1.29, 1.82) is 0 Å². The maximum Gasteiger partial charge on any atom is 0.134 e. The number of methoxy groups -OCH3 is 2. The third-order valence-corrected chi connectivity index (χ3v) is 15.5. The number of benzene rings is 4. The highest BCUT2D eigenvalue weighted by Crippen LogP contribution is 2.75. The molecule has 4 heteroatoms. The van der Waals surface area contributed by atoms with Crippen LogP contribution in [0.2, 0.25) is 0 Å². The van der Waals surface area contributed by atoms with E-state index in [-0.39, 0.29) is 0 Å². The summed E-state index contributed by atoms with van der Waals surface area (Å²) in [6, 6.07) is 34.9. The van der Waals surface area contributed by atoms with Gasteiger partial charge in [-0.3, -0.25) is 4.98 Å². The van der Waals surface area contributed by atoms with Gasteiger partial charge in [0.05, 0.1) is 43.9 Å². The van der Waals surface area contributed by atoms with E-state index in [0.717, 1.165) is 35.5 Å². The van der Waals surface area contributed by atoms with Crippen LogP contribution in [0.15, 0.2) is 116 Å². The van der Waals surface area contributed by atoms with Crippen molar-refractivity contribution < 1.29 is 9.47 Å². The van der Waals surface area contributed by atoms with E-state index in [9.17, 15) is 0 Å². The Labute approximate surface area is 262 Å². The van der Waals surface area contributed by atoms with Crippen LogP contribution in [0.5, 0.6) is 11.5 Å². The summed E-state index contributed by atoms with van der Waals surface area (Å²) >= 11 is 0. The summed E-state index contributed by atoms with van der Waals surface area (Å²) in [7, 11) is 2.17. The van der Waals surface area contributed by atoms with Crippen LogP contribution < -0.4 is 9.47 Å². The first-order valence-electron chi connectivity index (χ1n) is 15.8. The van der Waals surface area contributed by atoms with Crippen molar-refractivity contribution in [1.82, 2.24) is 4.98 Å². The molecule has 3 nitrogen and oxygen atoms in total. The number of nitrogens with zero attached hydrogens (tertiary/aromatic N) is 1. The average Bonchev–Trinajstić information content (AvgIpc) is 3.09. The molecule has 4 unspecified atom stereocenters. The Morgan fingerprint density at radius 3 is 2.20 bits per heavy atom. The van der Waals surface area contributed by atoms with Crippen LogP contribution in [0.3, 0.4) is 0 Å². The topological polar surface area (TPSA) is 31.4 Å². The van der Waals surface area contributed by atoms with E-state index in [1.807, 2.05) is 12.3 Å². The highest BCUT2D eigenvalue weighted by atomic mass is 31.2. The summed E-state index contributed by atoms with van der Waals surface area (Å²) in [5.41, 5.74) is 9.34. The lowest BCUT2D eigenvalue weighted by molar-refractivity contribution is 0.334. The fraction of sp³-hybridized carbons (Fsp3) is 0.275. The average molecular weight is 599 g/mol. The summed E-state index contributed by atoms with van der Waals surface area (Å²) in [6.45, 7) is 4.32. The number of pyridine rings is 1. The largest absolute Gasteiger partial charge is 0.497 e. The van der Waals surface area contributed by atoms with Gasteiger partial charge in [0.25, 0.3) is 0 Å². The number of rotatable bonds is 9. The van der Waals surface area contributed by atoms with Gasteiger partial charge >= 0.3 is 0 Å². The first kappa shape index (κ1) is 28.8. The second-order valence-electron chi connectivity index (χ2n) is 12.6. The van der Waals surface area contributed by atoms with Crippen LogP contribution in [-0.4, -0.2) is 37.2 Å². The number of aromatic nitrogens is 1. The quantitative estimate of drug-likeness (QED) is 0.125. The lowest BCUT2D eigenvalue weighted by atomic mass is 9.84. The molecule has 8 rings (SSSR count). The van der Waals surface area contributed by atoms with Crippen molar-refractivity contribution in [2.45, 2.75) is 31.1 Å². The molecule has 44 heavy (non-hydrogen) atoms. The van der Waals surface area contributed by atoms with Gasteiger partial charge in [0.2, 0.25) is 0 Å². The Balaban J connectivity index is 1.33. The molecule has 4 atom stereocenters. The lowest BCUT2D eigenvalue weighted by Gasteiger charge is -2.50. The van der Waals surface area contributed by atoms with Gasteiger partial charge in [0.15, 0.2) is 0 Å². The number of fused-ring (bicyclic) bond motifs is 4. The predicted octanol–water partition coefficient (Wildman–Crippen LogP) is 9.94. The van der Waals surface area contributed by atoms with E-state index in [1.54, 1.807) is 14.2 Å². The van der Waals surface area contributed by atoms with E-state index >= 15 is 0 Å². The molecule has 5 aromatic rings. The molecule has 222 valence electrons. The molecule has 3 aliphatic heterocycles. The Bertz CT molecular complexity index is 1730. The molecule has 3 aliphatic rings. The lowest BCUT2D eigenvalue weighted by Crippen LogP contribution is -2.42. The minimum atomic E-state index is -1.38. The highest BCUT2D eigenvalue weighted by molar-refractivity contribution is 7.76. The molecule has 2 bridgehead atoms. The smallest absolute Gasteiger partial charge is 0.134 e. The molecule has 0 radical (unpaired) electrons. The monoisotopic (exact) mass is 598 g/mol. The van der Waals surface area contributed by atoms with Crippen molar-refractivity contribution in [3.63, 3.8) is 0 Å². The van der Waals surface area contributed by atoms with Gasteiger partial charge in [0.1, 0.15) is 11.5 Å². The van der Waals surface area contributed by atoms with E-state index in [4.69, 9.17) is 14.5 Å². The van der Waals surface area contributed by atoms with Crippen LogP contribution >= 0.6 is 7.26 Å². The third-order valence-electron chi connectivity index (χ3n) is 10.3. The highest BCUT2D eigenvalue weighted by Gasteiger charge is 2.56. The van der Waals surface area contributed by atoms with E-state index < -0.39 is 7.26 Å². The summed E-state index contributed by atoms with van der Waals surface area (Å²) < 4.78 is 11.8. The third kappa shape index (κ3) is 5.33. The molecule has 0 saturated carbocycles. The molecular formula is C40H41NO2P+. The van der Waals surface area contributed by atoms with Gasteiger partial charge in [-0.15, -0.1) is 6.58 Å². The maximum atomic E-state index is 6.16. The van der Waals surface area contributed by atoms with Gasteiger partial charge in [-0.25, -0.2) is 0 Å². The predicted molar refractivity (Wildman–Crippen MR) is 186 cm³/mol. The Morgan fingerprint density at radius 1 is 0.864 bits per heavy atom. The van der Waals surface area contributed by atoms with Gasteiger partial charge in [0, 0.05) is 42.3 Å². The van der Waals surface area contributed by atoms with Gasteiger partial charge in [-0.1, -0.05) is 66.7 Å². The van der Waals surface area contributed by atoms with E-state index in [2.05, 4.69) is 104 Å². The summed E-state index contributed by atoms with van der Waals surface area (Å²) in [4.78, 5) is 4.69. The molecular weight excluding hydrogens is 557 g/mol. The van der Waals surface area contributed by atoms with E-state index in [0.29, 0.717) is 11.6 Å². The zero-order chi connectivity index (χ0) is 30.1. The molecule has 0 N–H and O–H groups in total. The Hall–Kier alpha value is -3.94. The molecule has 0 spiro atoms. The van der Waals surface area contributed by atoms with Crippen molar-refractivity contribution in [2.75, 3.05) is 26.5 Å². The standard InChI is InChI=1S/C40H41NO2P/c1-4-29-27-44(20-18-32(29)23-35(44)24-33-17-19-41-39-16-15-34(42-2)25-36(33)39)26-28-21-37(30-11-7-5-8-12-30)40(43-3)38(22-28)31-13-9-6-10-14-31/h4-17,19,21-22,25,29,32,35H,1,18,20,23-24,26-27H2,2-3H3/q+1. The van der Waals surface area contributed by atoms with Crippen molar-refractivity contribution in [3.05, 3.63) is 127 Å². The molecule has 1 aromatic heterocycles. The second-order valence-corrected chi connectivity index (χ2v) is 16.9. The Morgan fingerprint density at radius 2 is 1.57 bits per heavy atom. The number of allylic oxidation sites excluding steroid dienone is 1. The first-order valence-corrected chi connectivity index (χ1v) is 18.2. The van der Waals surface area contributed by atoms with Crippen LogP contribution in [0.25, 0.3) is 33.2 Å². The molecule has 4 aromatic carbocycles. The molecule has 0 aliphatic carbocycles. The summed E-state index contributed by atoms with van der Waals surface area (Å²) in [5.74, 6) is 3.22. The molecule has 0 amide bonds. The normalized spacial score (nSPS) is 22.5. The fourth-order valence-corrected chi connectivity index (χ4v) is 13.8. The summed E-state index contributed by atoms with van der Waals surface area (Å²) in [6.07, 6.45) is 11.8. The van der Waals surface area contributed by atoms with Crippen LogP contribution in [0.4, 0.5) is 0 Å². The number of ether oxygens (including phenoxy) is 2. The van der Waals surface area contributed by atoms with Crippen molar-refractivity contribution >= 4 is 18.2 Å². The molecule has 3 saturated heterocycles. The fourth-order valence-electron chi connectivity index (χ4n) is 8.08. The Kier molecular flexibility index (Phi) is 8.00. The maximum absolute atomic E-state index is 6.16. The van der Waals surface area contributed by atoms with Crippen LogP contribution in [-0.2, 0) is 12.6 Å². The van der Waals surface area contributed by atoms with Gasteiger partial charge in [-0.05, 0) is 77.4 Å². The minimum Gasteiger partial charge on any atom is -0.497 e. The summed E-state index contributed by atoms with van der Waals surface area (Å²) in [5, 5.41) is 1.23. The van der Waals surface area contributed by atoms with Gasteiger partial charge < -0.3 is 9.47 Å². The second kappa shape index (κ2) is 12.2. The SMILES string of the molecule is C=CC1C[P+]2(Cc3cc(-c4ccccc4)c(OC)c(-c4ccccc4)c3)CCC1CC2Cc1ccnc2ccc(OC)cc12. The molecule has 3 fully saturated rings. The van der Waals surface area contributed by atoms with Crippen LogP contribution in [0.1, 0.15) is 24.0 Å². The zero-order valence-corrected chi connectivity index (χ0v) is 26.7. The number of hydrogen-bond donors (Lipinski definition) is 0. The van der Waals surface area contributed by atoms with Crippen molar-refractivity contribution in [3.8, 4) is 33.8 Å². The minimum absolute atomic E-state index is 0.628. The van der Waals surface area contributed by atoms with E-state index in [1.165, 1.54) is 63.9 Å². The van der Waals surface area contributed by atoms with Gasteiger partial charge in [-0.2, -0.15) is 0 Å². The molecule has 4 heterocycles. The van der Waals surface area contributed by atoms with Crippen LogP contribution in [0, 0.1) is 11.8 Å². The first-order chi connectivity index (χ1) is 21.6. The number of hydrogen-bond acceptors (Lipinski definition) is 3.